The lowest BCUT2D eigenvalue weighted by Crippen LogP contribution is -2.06. The Kier molecular flexibility index (Phi) is 5.09. The predicted octanol–water partition coefficient (Wildman–Crippen LogP) is 3.56. The molecule has 0 amide bonds. The third-order valence-electron chi connectivity index (χ3n) is 3.23. The van der Waals surface area contributed by atoms with E-state index in [1.165, 1.54) is 0 Å². The van der Waals surface area contributed by atoms with Crippen molar-refractivity contribution in [2.24, 2.45) is 0 Å². The first-order valence-electron chi connectivity index (χ1n) is 6.34. The molecule has 2 aromatic rings. The zero-order chi connectivity index (χ0) is 15.4. The molecule has 0 spiro atoms. The molecule has 0 aliphatic heterocycles. The summed E-state index contributed by atoms with van der Waals surface area (Å²) in [5, 5.41) is 10.8. The average molecular weight is 353 g/mol. The van der Waals surface area contributed by atoms with Gasteiger partial charge in [-0.05, 0) is 24.3 Å². The monoisotopic (exact) mass is 352 g/mol. The molecule has 2 rings (SSSR count). The van der Waals surface area contributed by atoms with Crippen molar-refractivity contribution in [1.82, 2.24) is 0 Å². The molecular formula is C16H17BrO4. The summed E-state index contributed by atoms with van der Waals surface area (Å²) in [6.07, 6.45) is -0.917. The Morgan fingerprint density at radius 3 is 2.00 bits per heavy atom. The second-order valence-electron chi connectivity index (χ2n) is 4.37. The van der Waals surface area contributed by atoms with E-state index in [-0.39, 0.29) is 0 Å². The molecule has 5 heteroatoms. The summed E-state index contributed by atoms with van der Waals surface area (Å²) in [5.41, 5.74) is 1.21. The number of ether oxygens (including phenoxy) is 3. The Morgan fingerprint density at radius 2 is 1.48 bits per heavy atom. The number of methoxy groups -OCH3 is 3. The summed E-state index contributed by atoms with van der Waals surface area (Å²) < 4.78 is 16.9. The highest BCUT2D eigenvalue weighted by molar-refractivity contribution is 9.10. The van der Waals surface area contributed by atoms with E-state index in [0.29, 0.717) is 28.4 Å². The van der Waals surface area contributed by atoms with Gasteiger partial charge in [-0.15, -0.1) is 0 Å². The fraction of sp³-hybridized carbons (Fsp3) is 0.250. The summed E-state index contributed by atoms with van der Waals surface area (Å²) in [4.78, 5) is 0. The van der Waals surface area contributed by atoms with E-state index in [9.17, 15) is 5.11 Å². The minimum atomic E-state index is -0.917. The minimum absolute atomic E-state index is 0.562. The fourth-order valence-electron chi connectivity index (χ4n) is 2.22. The van der Waals surface area contributed by atoms with Gasteiger partial charge in [0.15, 0.2) is 0 Å². The molecule has 0 radical (unpaired) electrons. The first-order chi connectivity index (χ1) is 10.1. The van der Waals surface area contributed by atoms with E-state index in [4.69, 9.17) is 14.2 Å². The highest BCUT2D eigenvalue weighted by Crippen LogP contribution is 2.40. The van der Waals surface area contributed by atoms with Crippen molar-refractivity contribution in [2.45, 2.75) is 6.10 Å². The van der Waals surface area contributed by atoms with Crippen LogP contribution < -0.4 is 14.2 Å². The molecule has 0 aliphatic rings. The molecule has 0 aliphatic carbocycles. The number of benzene rings is 2. The van der Waals surface area contributed by atoms with Crippen LogP contribution in [0.25, 0.3) is 0 Å². The van der Waals surface area contributed by atoms with Gasteiger partial charge in [-0.3, -0.25) is 0 Å². The summed E-state index contributed by atoms with van der Waals surface area (Å²) in [6.45, 7) is 0. The Hall–Kier alpha value is -1.72. The minimum Gasteiger partial charge on any atom is -0.496 e. The fourth-order valence-corrected chi connectivity index (χ4v) is 2.56. The van der Waals surface area contributed by atoms with E-state index >= 15 is 0 Å². The molecule has 0 heterocycles. The largest absolute Gasteiger partial charge is 0.496 e. The van der Waals surface area contributed by atoms with Gasteiger partial charge < -0.3 is 19.3 Å². The van der Waals surface area contributed by atoms with Crippen molar-refractivity contribution in [3.05, 3.63) is 52.0 Å². The normalized spacial score (nSPS) is 11.9. The van der Waals surface area contributed by atoms with Crippen LogP contribution in [-0.4, -0.2) is 26.4 Å². The molecule has 0 bridgehead atoms. The van der Waals surface area contributed by atoms with E-state index in [1.807, 2.05) is 12.1 Å². The quantitative estimate of drug-likeness (QED) is 0.893. The molecule has 0 aromatic heterocycles. The second-order valence-corrected chi connectivity index (χ2v) is 5.28. The SMILES string of the molecule is COc1cc(Br)ccc1C(O)c1c(OC)cccc1OC. The van der Waals surface area contributed by atoms with Crippen LogP contribution in [0.2, 0.25) is 0 Å². The van der Waals surface area contributed by atoms with Crippen LogP contribution in [0, 0.1) is 0 Å². The van der Waals surface area contributed by atoms with Crippen molar-refractivity contribution in [1.29, 1.82) is 0 Å². The summed E-state index contributed by atoms with van der Waals surface area (Å²) in [5.74, 6) is 1.71. The standard InChI is InChI=1S/C16H17BrO4/c1-19-12-5-4-6-13(20-2)15(12)16(18)11-8-7-10(17)9-14(11)21-3/h4-9,16,18H,1-3H3. The van der Waals surface area contributed by atoms with Gasteiger partial charge in [0.2, 0.25) is 0 Å². The third-order valence-corrected chi connectivity index (χ3v) is 3.72. The molecule has 21 heavy (non-hydrogen) atoms. The summed E-state index contributed by atoms with van der Waals surface area (Å²) >= 11 is 3.39. The highest BCUT2D eigenvalue weighted by Gasteiger charge is 2.23. The van der Waals surface area contributed by atoms with E-state index in [0.717, 1.165) is 4.47 Å². The van der Waals surface area contributed by atoms with Crippen LogP contribution in [-0.2, 0) is 0 Å². The number of aliphatic hydroxyl groups is 1. The number of hydrogen-bond donors (Lipinski definition) is 1. The third kappa shape index (κ3) is 3.14. The van der Waals surface area contributed by atoms with Crippen molar-refractivity contribution in [3.8, 4) is 17.2 Å². The van der Waals surface area contributed by atoms with E-state index in [2.05, 4.69) is 15.9 Å². The molecule has 4 nitrogen and oxygen atoms in total. The van der Waals surface area contributed by atoms with Crippen LogP contribution in [0.5, 0.6) is 17.2 Å². The predicted molar refractivity (Wildman–Crippen MR) is 84.3 cm³/mol. The summed E-state index contributed by atoms with van der Waals surface area (Å²) in [7, 11) is 4.69. The van der Waals surface area contributed by atoms with Crippen molar-refractivity contribution in [3.63, 3.8) is 0 Å². The maximum absolute atomic E-state index is 10.8. The molecule has 0 saturated carbocycles. The Labute approximate surface area is 132 Å². The first kappa shape index (κ1) is 15.7. The molecule has 0 fully saturated rings. The molecular weight excluding hydrogens is 336 g/mol. The van der Waals surface area contributed by atoms with Crippen molar-refractivity contribution >= 4 is 15.9 Å². The zero-order valence-corrected chi connectivity index (χ0v) is 13.7. The highest BCUT2D eigenvalue weighted by atomic mass is 79.9. The Bertz CT molecular complexity index is 605. The van der Waals surface area contributed by atoms with Crippen LogP contribution in [0.1, 0.15) is 17.2 Å². The number of rotatable bonds is 5. The molecule has 1 unspecified atom stereocenters. The summed E-state index contributed by atoms with van der Waals surface area (Å²) in [6, 6.07) is 10.8. The zero-order valence-electron chi connectivity index (χ0n) is 12.1. The second kappa shape index (κ2) is 6.83. The van der Waals surface area contributed by atoms with Gasteiger partial charge in [-0.2, -0.15) is 0 Å². The number of hydrogen-bond acceptors (Lipinski definition) is 4. The number of halogens is 1. The van der Waals surface area contributed by atoms with Gasteiger partial charge in [-0.1, -0.05) is 28.1 Å². The molecule has 1 N–H and O–H groups in total. The van der Waals surface area contributed by atoms with Crippen molar-refractivity contribution < 1.29 is 19.3 Å². The lowest BCUT2D eigenvalue weighted by molar-refractivity contribution is 0.204. The molecule has 112 valence electrons. The maximum atomic E-state index is 10.8. The maximum Gasteiger partial charge on any atom is 0.128 e. The lowest BCUT2D eigenvalue weighted by Gasteiger charge is -2.20. The topological polar surface area (TPSA) is 47.9 Å². The van der Waals surface area contributed by atoms with Gasteiger partial charge >= 0.3 is 0 Å². The molecule has 2 aromatic carbocycles. The van der Waals surface area contributed by atoms with Crippen molar-refractivity contribution in [2.75, 3.05) is 21.3 Å². The number of aliphatic hydroxyl groups excluding tert-OH is 1. The van der Waals surface area contributed by atoms with Crippen LogP contribution >= 0.6 is 15.9 Å². The molecule has 1 atom stereocenters. The smallest absolute Gasteiger partial charge is 0.128 e. The van der Waals surface area contributed by atoms with Gasteiger partial charge in [0.1, 0.15) is 23.4 Å². The van der Waals surface area contributed by atoms with E-state index < -0.39 is 6.10 Å². The molecule has 0 saturated heterocycles. The van der Waals surface area contributed by atoms with Gasteiger partial charge in [0.05, 0.1) is 26.9 Å². The van der Waals surface area contributed by atoms with Crippen LogP contribution in [0.4, 0.5) is 0 Å². The van der Waals surface area contributed by atoms with Gasteiger partial charge in [0, 0.05) is 10.0 Å². The Balaban J connectivity index is 2.56. The van der Waals surface area contributed by atoms with E-state index in [1.54, 1.807) is 45.6 Å². The van der Waals surface area contributed by atoms with Crippen LogP contribution in [0.15, 0.2) is 40.9 Å². The lowest BCUT2D eigenvalue weighted by atomic mass is 9.98. The van der Waals surface area contributed by atoms with Crippen LogP contribution in [0.3, 0.4) is 0 Å². The first-order valence-corrected chi connectivity index (χ1v) is 7.14. The Morgan fingerprint density at radius 1 is 0.905 bits per heavy atom. The average Bonchev–Trinajstić information content (AvgIpc) is 2.53. The van der Waals surface area contributed by atoms with Gasteiger partial charge in [-0.25, -0.2) is 0 Å². The van der Waals surface area contributed by atoms with Gasteiger partial charge in [0.25, 0.3) is 0 Å².